The first-order chi connectivity index (χ1) is 12.9. The molecule has 0 saturated carbocycles. The Balaban J connectivity index is 1.66. The summed E-state index contributed by atoms with van der Waals surface area (Å²) in [5, 5.41) is 4.14. The van der Waals surface area contributed by atoms with Gasteiger partial charge in [-0.15, -0.1) is 0 Å². The summed E-state index contributed by atoms with van der Waals surface area (Å²) in [6.07, 6.45) is 0.347. The molecule has 0 aromatic heterocycles. The average Bonchev–Trinajstić information content (AvgIpc) is 3.05. The molecule has 2 aromatic carbocycles. The van der Waals surface area contributed by atoms with Gasteiger partial charge in [-0.25, -0.2) is 13.8 Å². The van der Waals surface area contributed by atoms with E-state index in [-0.39, 0.29) is 17.4 Å². The number of hydrazone groups is 1. The molecule has 0 aliphatic carbocycles. The van der Waals surface area contributed by atoms with E-state index in [1.54, 1.807) is 6.92 Å². The van der Waals surface area contributed by atoms with Crippen molar-refractivity contribution in [3.63, 3.8) is 0 Å². The summed E-state index contributed by atoms with van der Waals surface area (Å²) in [6, 6.07) is 17.3. The van der Waals surface area contributed by atoms with Gasteiger partial charge in [-0.2, -0.15) is 5.10 Å². The number of nitrogens with zero attached hydrogens (tertiary/aromatic N) is 1. The molecule has 1 N–H and O–H groups in total. The summed E-state index contributed by atoms with van der Waals surface area (Å²) in [4.78, 5) is 12.2. The standard InChI is InChI=1S/C20H22N2O4S/c1-15(21-22-20(23)17-11-12-27(24,25)14-17)18-9-5-6-10-19(18)26-13-16-7-3-2-4-8-16/h2-10,17H,11-14H2,1H3,(H,22,23)/b21-15-/t17-/m1/s1. The summed E-state index contributed by atoms with van der Waals surface area (Å²) in [7, 11) is -3.10. The number of carbonyl (C=O) groups is 1. The van der Waals surface area contributed by atoms with Gasteiger partial charge in [0, 0.05) is 5.56 Å². The molecule has 0 unspecified atom stereocenters. The van der Waals surface area contributed by atoms with Gasteiger partial charge >= 0.3 is 0 Å². The van der Waals surface area contributed by atoms with Crippen molar-refractivity contribution in [2.75, 3.05) is 11.5 Å². The lowest BCUT2D eigenvalue weighted by atomic mass is 10.1. The molecule has 6 nitrogen and oxygen atoms in total. The molecule has 1 aliphatic rings. The van der Waals surface area contributed by atoms with Crippen LogP contribution in [0.2, 0.25) is 0 Å². The van der Waals surface area contributed by atoms with E-state index in [2.05, 4.69) is 10.5 Å². The number of hydrogen-bond acceptors (Lipinski definition) is 5. The topological polar surface area (TPSA) is 84.8 Å². The van der Waals surface area contributed by atoms with Gasteiger partial charge in [0.2, 0.25) is 5.91 Å². The first-order valence-corrected chi connectivity index (χ1v) is 10.6. The van der Waals surface area contributed by atoms with E-state index >= 15 is 0 Å². The molecule has 0 radical (unpaired) electrons. The highest BCUT2D eigenvalue weighted by atomic mass is 32.2. The predicted octanol–water partition coefficient (Wildman–Crippen LogP) is 2.54. The number of nitrogens with one attached hydrogen (secondary N) is 1. The van der Waals surface area contributed by atoms with Crippen LogP contribution in [0.1, 0.15) is 24.5 Å². The molecule has 27 heavy (non-hydrogen) atoms. The maximum atomic E-state index is 12.2. The van der Waals surface area contributed by atoms with Gasteiger partial charge in [0.15, 0.2) is 9.84 Å². The lowest BCUT2D eigenvalue weighted by molar-refractivity contribution is -0.124. The van der Waals surface area contributed by atoms with Crippen LogP contribution < -0.4 is 10.2 Å². The highest BCUT2D eigenvalue weighted by molar-refractivity contribution is 7.91. The van der Waals surface area contributed by atoms with Crippen LogP contribution in [0.3, 0.4) is 0 Å². The molecule has 1 saturated heterocycles. The fourth-order valence-electron chi connectivity index (χ4n) is 2.92. The predicted molar refractivity (Wildman–Crippen MR) is 104 cm³/mol. The van der Waals surface area contributed by atoms with Gasteiger partial charge in [0.05, 0.1) is 23.1 Å². The molecule has 142 valence electrons. The summed E-state index contributed by atoms with van der Waals surface area (Å²) in [5.41, 5.74) is 4.91. The molecular formula is C20H22N2O4S. The summed E-state index contributed by atoms with van der Waals surface area (Å²) in [6.45, 7) is 2.20. The summed E-state index contributed by atoms with van der Waals surface area (Å²) < 4.78 is 28.9. The Labute approximate surface area is 159 Å². The molecular weight excluding hydrogens is 364 g/mol. The summed E-state index contributed by atoms with van der Waals surface area (Å²) >= 11 is 0. The van der Waals surface area contributed by atoms with Crippen LogP contribution in [0.15, 0.2) is 59.7 Å². The van der Waals surface area contributed by atoms with Crippen molar-refractivity contribution in [3.05, 3.63) is 65.7 Å². The average molecular weight is 386 g/mol. The minimum atomic E-state index is -3.10. The first kappa shape index (κ1) is 19.1. The zero-order chi connectivity index (χ0) is 19.3. The second-order valence-electron chi connectivity index (χ2n) is 6.54. The zero-order valence-corrected chi connectivity index (χ0v) is 15.9. The highest BCUT2D eigenvalue weighted by Gasteiger charge is 2.32. The quantitative estimate of drug-likeness (QED) is 0.611. The van der Waals surface area contributed by atoms with Gasteiger partial charge in [0.1, 0.15) is 12.4 Å². The van der Waals surface area contributed by atoms with Crippen LogP contribution in [0.25, 0.3) is 0 Å². The molecule has 2 aromatic rings. The maximum Gasteiger partial charge on any atom is 0.244 e. The van der Waals surface area contributed by atoms with Crippen LogP contribution in [-0.4, -0.2) is 31.5 Å². The van der Waals surface area contributed by atoms with Crippen LogP contribution in [0.5, 0.6) is 5.75 Å². The smallest absolute Gasteiger partial charge is 0.244 e. The molecule has 1 atom stereocenters. The number of sulfone groups is 1. The zero-order valence-electron chi connectivity index (χ0n) is 15.1. The molecule has 1 aliphatic heterocycles. The minimum Gasteiger partial charge on any atom is -0.488 e. The maximum absolute atomic E-state index is 12.2. The van der Waals surface area contributed by atoms with Crippen LogP contribution >= 0.6 is 0 Å². The number of rotatable bonds is 6. The molecule has 7 heteroatoms. The normalized spacial score (nSPS) is 18.9. The molecule has 1 amide bonds. The second kappa shape index (κ2) is 8.35. The van der Waals surface area contributed by atoms with Gasteiger partial charge in [0.25, 0.3) is 0 Å². The van der Waals surface area contributed by atoms with Crippen LogP contribution in [0.4, 0.5) is 0 Å². The fraction of sp³-hybridized carbons (Fsp3) is 0.300. The third-order valence-corrected chi connectivity index (χ3v) is 6.22. The Hall–Kier alpha value is -2.67. The second-order valence-corrected chi connectivity index (χ2v) is 8.77. The van der Waals surface area contributed by atoms with E-state index in [1.165, 1.54) is 0 Å². The first-order valence-electron chi connectivity index (χ1n) is 8.75. The van der Waals surface area contributed by atoms with Crippen molar-refractivity contribution in [1.82, 2.24) is 5.43 Å². The number of benzene rings is 2. The monoisotopic (exact) mass is 386 g/mol. The van der Waals surface area contributed by atoms with Crippen molar-refractivity contribution >= 4 is 21.5 Å². The number of amides is 1. The van der Waals surface area contributed by atoms with E-state index in [4.69, 9.17) is 4.74 Å². The molecule has 0 spiro atoms. The van der Waals surface area contributed by atoms with E-state index in [1.807, 2.05) is 54.6 Å². The largest absolute Gasteiger partial charge is 0.488 e. The highest BCUT2D eigenvalue weighted by Crippen LogP contribution is 2.21. The van der Waals surface area contributed by atoms with E-state index in [9.17, 15) is 13.2 Å². The van der Waals surface area contributed by atoms with Gasteiger partial charge < -0.3 is 4.74 Å². The van der Waals surface area contributed by atoms with E-state index < -0.39 is 15.8 Å². The van der Waals surface area contributed by atoms with Crippen molar-refractivity contribution in [2.45, 2.75) is 20.0 Å². The SMILES string of the molecule is C/C(=N/NC(=O)[C@@H]1CCS(=O)(=O)C1)c1ccccc1OCc1ccccc1. The Morgan fingerprint density at radius 3 is 2.56 bits per heavy atom. The minimum absolute atomic E-state index is 0.0595. The molecule has 3 rings (SSSR count). The Morgan fingerprint density at radius 1 is 1.15 bits per heavy atom. The number of carbonyl (C=O) groups excluding carboxylic acids is 1. The third kappa shape index (κ3) is 5.17. The molecule has 1 heterocycles. The Bertz CT molecular complexity index is 939. The lowest BCUT2D eigenvalue weighted by Crippen LogP contribution is -2.28. The third-order valence-electron chi connectivity index (χ3n) is 4.45. The van der Waals surface area contributed by atoms with Gasteiger partial charge in [-0.05, 0) is 31.0 Å². The fourth-order valence-corrected chi connectivity index (χ4v) is 4.66. The van der Waals surface area contributed by atoms with Crippen LogP contribution in [0, 0.1) is 5.92 Å². The number of ether oxygens (including phenoxy) is 1. The molecule has 0 bridgehead atoms. The number of hydrogen-bond donors (Lipinski definition) is 1. The van der Waals surface area contributed by atoms with Crippen molar-refractivity contribution in [1.29, 1.82) is 0 Å². The summed E-state index contributed by atoms with van der Waals surface area (Å²) in [5.74, 6) is -0.275. The van der Waals surface area contributed by atoms with Gasteiger partial charge in [-0.1, -0.05) is 42.5 Å². The van der Waals surface area contributed by atoms with Crippen molar-refractivity contribution in [3.8, 4) is 5.75 Å². The lowest BCUT2D eigenvalue weighted by Gasteiger charge is -2.12. The Morgan fingerprint density at radius 2 is 1.85 bits per heavy atom. The van der Waals surface area contributed by atoms with E-state index in [0.717, 1.165) is 11.1 Å². The van der Waals surface area contributed by atoms with Crippen molar-refractivity contribution < 1.29 is 17.9 Å². The molecule has 1 fully saturated rings. The van der Waals surface area contributed by atoms with Crippen molar-refractivity contribution in [2.24, 2.45) is 11.0 Å². The Kier molecular flexibility index (Phi) is 5.91. The van der Waals surface area contributed by atoms with E-state index in [0.29, 0.717) is 24.5 Å². The van der Waals surface area contributed by atoms with Crippen LogP contribution in [-0.2, 0) is 21.2 Å². The van der Waals surface area contributed by atoms with Gasteiger partial charge in [-0.3, -0.25) is 4.79 Å². The number of para-hydroxylation sites is 1.